The van der Waals surface area contributed by atoms with E-state index in [0.717, 1.165) is 6.42 Å². The Labute approximate surface area is 157 Å². The molecule has 0 aromatic heterocycles. The van der Waals surface area contributed by atoms with E-state index in [2.05, 4.69) is 5.32 Å². The van der Waals surface area contributed by atoms with Crippen molar-refractivity contribution >= 4 is 23.5 Å². The molecule has 0 aliphatic carbocycles. The molecule has 0 spiro atoms. The molecule has 7 nitrogen and oxygen atoms in total. The first-order valence-electron chi connectivity index (χ1n) is 8.41. The molecule has 7 heteroatoms. The summed E-state index contributed by atoms with van der Waals surface area (Å²) in [6.07, 6.45) is 0.744. The van der Waals surface area contributed by atoms with Crippen LogP contribution in [0, 0.1) is 0 Å². The Hall–Kier alpha value is -3.35. The number of anilines is 1. The number of hydrogen-bond acceptors (Lipinski definition) is 6. The first-order chi connectivity index (χ1) is 13.0. The number of carbonyl (C=O) groups is 3. The van der Waals surface area contributed by atoms with Crippen molar-refractivity contribution in [1.29, 1.82) is 0 Å². The minimum Gasteiger partial charge on any atom is -0.497 e. The van der Waals surface area contributed by atoms with Gasteiger partial charge in [0.15, 0.2) is 6.61 Å². The van der Waals surface area contributed by atoms with E-state index in [-0.39, 0.29) is 5.56 Å². The third kappa shape index (κ3) is 6.14. The number of ether oxygens (including phenoxy) is 3. The number of hydrogen-bond donors (Lipinski definition) is 1. The average molecular weight is 371 g/mol. The summed E-state index contributed by atoms with van der Waals surface area (Å²) in [5.74, 6) is -1.01. The molecule has 27 heavy (non-hydrogen) atoms. The fourth-order valence-corrected chi connectivity index (χ4v) is 2.13. The summed E-state index contributed by atoms with van der Waals surface area (Å²) in [4.78, 5) is 35.6. The normalized spacial score (nSPS) is 10.0. The van der Waals surface area contributed by atoms with Crippen LogP contribution in [0.2, 0.25) is 0 Å². The second-order valence-corrected chi connectivity index (χ2v) is 5.57. The van der Waals surface area contributed by atoms with Crippen molar-refractivity contribution in [2.24, 2.45) is 0 Å². The largest absolute Gasteiger partial charge is 0.497 e. The smallest absolute Gasteiger partial charge is 0.338 e. The van der Waals surface area contributed by atoms with Gasteiger partial charge in [-0.25, -0.2) is 9.59 Å². The summed E-state index contributed by atoms with van der Waals surface area (Å²) >= 11 is 0. The lowest BCUT2D eigenvalue weighted by Gasteiger charge is -2.08. The monoisotopic (exact) mass is 371 g/mol. The Balaban J connectivity index is 1.84. The van der Waals surface area contributed by atoms with Gasteiger partial charge in [-0.05, 0) is 48.9 Å². The van der Waals surface area contributed by atoms with Crippen LogP contribution in [0.15, 0.2) is 48.5 Å². The average Bonchev–Trinajstić information content (AvgIpc) is 2.70. The highest BCUT2D eigenvalue weighted by Gasteiger charge is 2.12. The molecule has 0 fully saturated rings. The van der Waals surface area contributed by atoms with Crippen LogP contribution in [0.4, 0.5) is 5.69 Å². The number of carbonyl (C=O) groups excluding carboxylic acids is 3. The molecule has 2 aromatic rings. The summed E-state index contributed by atoms with van der Waals surface area (Å²) in [6, 6.07) is 12.7. The predicted molar refractivity (Wildman–Crippen MR) is 98.9 cm³/mol. The Morgan fingerprint density at radius 1 is 0.926 bits per heavy atom. The maximum atomic E-state index is 12.0. The zero-order valence-electron chi connectivity index (χ0n) is 15.2. The molecule has 0 heterocycles. The van der Waals surface area contributed by atoms with Crippen LogP contribution in [0.3, 0.4) is 0 Å². The van der Waals surface area contributed by atoms with Gasteiger partial charge < -0.3 is 19.5 Å². The summed E-state index contributed by atoms with van der Waals surface area (Å²) in [6.45, 7) is 1.83. The predicted octanol–water partition coefficient (Wildman–Crippen LogP) is 3.06. The number of methoxy groups -OCH3 is 1. The number of rotatable bonds is 8. The van der Waals surface area contributed by atoms with Gasteiger partial charge in [0.1, 0.15) is 5.75 Å². The van der Waals surface area contributed by atoms with E-state index in [1.807, 2.05) is 6.92 Å². The molecule has 0 atom stereocenters. The molecule has 0 saturated heterocycles. The van der Waals surface area contributed by atoms with Crippen LogP contribution < -0.4 is 10.1 Å². The molecule has 0 aliphatic heterocycles. The molecule has 0 radical (unpaired) electrons. The molecule has 0 aliphatic rings. The van der Waals surface area contributed by atoms with Crippen molar-refractivity contribution in [2.75, 3.05) is 25.6 Å². The molecule has 1 N–H and O–H groups in total. The Bertz CT molecular complexity index is 800. The highest BCUT2D eigenvalue weighted by molar-refractivity contribution is 5.96. The van der Waals surface area contributed by atoms with Gasteiger partial charge in [-0.1, -0.05) is 13.0 Å². The van der Waals surface area contributed by atoms with E-state index in [9.17, 15) is 14.4 Å². The van der Waals surface area contributed by atoms with E-state index < -0.39 is 24.5 Å². The molecule has 1 amide bonds. The lowest BCUT2D eigenvalue weighted by molar-refractivity contribution is -0.119. The lowest BCUT2D eigenvalue weighted by atomic mass is 10.2. The van der Waals surface area contributed by atoms with Gasteiger partial charge in [-0.3, -0.25) is 4.79 Å². The van der Waals surface area contributed by atoms with Crippen LogP contribution in [-0.4, -0.2) is 38.2 Å². The van der Waals surface area contributed by atoms with Crippen molar-refractivity contribution in [2.45, 2.75) is 13.3 Å². The zero-order chi connectivity index (χ0) is 19.6. The van der Waals surface area contributed by atoms with E-state index in [4.69, 9.17) is 14.2 Å². The van der Waals surface area contributed by atoms with Gasteiger partial charge >= 0.3 is 11.9 Å². The standard InChI is InChI=1S/C20H21NO6/c1-3-11-26-19(23)14-7-9-16(10-8-14)21-18(22)13-27-20(24)15-5-4-6-17(12-15)25-2/h4-10,12H,3,11,13H2,1-2H3,(H,21,22). The maximum absolute atomic E-state index is 12.0. The summed E-state index contributed by atoms with van der Waals surface area (Å²) < 4.78 is 15.1. The molecule has 142 valence electrons. The van der Waals surface area contributed by atoms with Gasteiger partial charge in [0.25, 0.3) is 5.91 Å². The quantitative estimate of drug-likeness (QED) is 0.717. The Morgan fingerprint density at radius 2 is 1.63 bits per heavy atom. The van der Waals surface area contributed by atoms with Gasteiger partial charge in [0.05, 0.1) is 24.8 Å². The highest BCUT2D eigenvalue weighted by atomic mass is 16.5. The number of nitrogens with one attached hydrogen (secondary N) is 1. The fourth-order valence-electron chi connectivity index (χ4n) is 2.13. The van der Waals surface area contributed by atoms with E-state index >= 15 is 0 Å². The van der Waals surface area contributed by atoms with Crippen molar-refractivity contribution in [1.82, 2.24) is 0 Å². The second-order valence-electron chi connectivity index (χ2n) is 5.57. The number of benzene rings is 2. The molecular weight excluding hydrogens is 350 g/mol. The third-order valence-corrected chi connectivity index (χ3v) is 3.48. The van der Waals surface area contributed by atoms with Crippen molar-refractivity contribution in [3.05, 3.63) is 59.7 Å². The van der Waals surface area contributed by atoms with Crippen LogP contribution in [0.1, 0.15) is 34.1 Å². The summed E-state index contributed by atoms with van der Waals surface area (Å²) in [5.41, 5.74) is 1.16. The lowest BCUT2D eigenvalue weighted by Crippen LogP contribution is -2.21. The minimum absolute atomic E-state index is 0.289. The van der Waals surface area contributed by atoms with Crippen molar-refractivity contribution in [3.8, 4) is 5.75 Å². The second kappa shape index (κ2) is 9.96. The molecule has 0 bridgehead atoms. The van der Waals surface area contributed by atoms with Crippen LogP contribution in [-0.2, 0) is 14.3 Å². The SMILES string of the molecule is CCCOC(=O)c1ccc(NC(=O)COC(=O)c2cccc(OC)c2)cc1. The van der Waals surface area contributed by atoms with E-state index in [1.54, 1.807) is 42.5 Å². The van der Waals surface area contributed by atoms with E-state index in [0.29, 0.717) is 23.6 Å². The van der Waals surface area contributed by atoms with Gasteiger partial charge in [0.2, 0.25) is 0 Å². The van der Waals surface area contributed by atoms with Crippen LogP contribution in [0.25, 0.3) is 0 Å². The topological polar surface area (TPSA) is 90.9 Å². The highest BCUT2D eigenvalue weighted by Crippen LogP contribution is 2.14. The van der Waals surface area contributed by atoms with Crippen LogP contribution in [0.5, 0.6) is 5.75 Å². The first-order valence-corrected chi connectivity index (χ1v) is 8.41. The number of amides is 1. The van der Waals surface area contributed by atoms with Gasteiger partial charge in [0, 0.05) is 5.69 Å². The first kappa shape index (κ1) is 20.0. The van der Waals surface area contributed by atoms with Crippen LogP contribution >= 0.6 is 0 Å². The van der Waals surface area contributed by atoms with E-state index in [1.165, 1.54) is 13.2 Å². The maximum Gasteiger partial charge on any atom is 0.338 e. The molecular formula is C20H21NO6. The third-order valence-electron chi connectivity index (χ3n) is 3.48. The van der Waals surface area contributed by atoms with Crippen molar-refractivity contribution in [3.63, 3.8) is 0 Å². The Kier molecular flexibility index (Phi) is 7.37. The molecule has 0 unspecified atom stereocenters. The summed E-state index contributed by atoms with van der Waals surface area (Å²) in [5, 5.41) is 2.59. The van der Waals surface area contributed by atoms with Gasteiger partial charge in [-0.2, -0.15) is 0 Å². The van der Waals surface area contributed by atoms with Crippen molar-refractivity contribution < 1.29 is 28.6 Å². The minimum atomic E-state index is -0.627. The fraction of sp³-hybridized carbons (Fsp3) is 0.250. The Morgan fingerprint density at radius 3 is 2.30 bits per heavy atom. The van der Waals surface area contributed by atoms with Gasteiger partial charge in [-0.15, -0.1) is 0 Å². The molecule has 0 saturated carbocycles. The number of esters is 2. The molecule has 2 aromatic carbocycles. The summed E-state index contributed by atoms with van der Waals surface area (Å²) in [7, 11) is 1.49. The zero-order valence-corrected chi connectivity index (χ0v) is 15.2. The molecule has 2 rings (SSSR count).